The number of aryl methyl sites for hydroxylation is 1. The molecule has 0 atom stereocenters. The smallest absolute Gasteiger partial charge is 0.356 e. The average Bonchev–Trinajstić information content (AvgIpc) is 2.56. The van der Waals surface area contributed by atoms with Crippen LogP contribution in [-0.2, 0) is 11.8 Å². The molecule has 1 saturated heterocycles. The molecule has 2 heterocycles. The monoisotopic (exact) mass is 224 g/mol. The number of aromatic nitrogens is 2. The third kappa shape index (κ3) is 1.82. The Morgan fingerprint density at radius 3 is 2.62 bits per heavy atom. The molecule has 0 radical (unpaired) electrons. The number of nitrogens with zero attached hydrogens (tertiary/aromatic N) is 2. The summed E-state index contributed by atoms with van der Waals surface area (Å²) in [5.41, 5.74) is 2.01. The maximum Gasteiger partial charge on any atom is 0.356 e. The van der Waals surface area contributed by atoms with Crippen LogP contribution in [0.4, 0.5) is 0 Å². The zero-order valence-corrected chi connectivity index (χ0v) is 9.56. The van der Waals surface area contributed by atoms with Crippen LogP contribution in [0.2, 0.25) is 0 Å². The molecule has 0 saturated carbocycles. The molecule has 1 aliphatic rings. The van der Waals surface area contributed by atoms with Gasteiger partial charge in [0.15, 0.2) is 5.69 Å². The molecular formula is C11H16N2O3. The molecule has 1 fully saturated rings. The fraction of sp³-hybridized carbons (Fsp3) is 0.636. The summed E-state index contributed by atoms with van der Waals surface area (Å²) in [5, 5.41) is 13.1. The topological polar surface area (TPSA) is 64.3 Å². The summed E-state index contributed by atoms with van der Waals surface area (Å²) in [6, 6.07) is 0. The molecule has 1 aromatic rings. The standard InChI is InChI=1S/C11H16N2O3/c1-7-9(11(14)15)12-13(2)10(7)8-3-5-16-6-4-8/h8H,3-6H2,1-2H3,(H,14,15). The van der Waals surface area contributed by atoms with Crippen molar-refractivity contribution in [3.8, 4) is 0 Å². The number of carbonyl (C=O) groups is 1. The second-order valence-electron chi connectivity index (χ2n) is 4.17. The highest BCUT2D eigenvalue weighted by Gasteiger charge is 2.25. The van der Waals surface area contributed by atoms with Crippen LogP contribution in [0.1, 0.15) is 40.5 Å². The van der Waals surface area contributed by atoms with Crippen LogP contribution in [0.5, 0.6) is 0 Å². The van der Waals surface area contributed by atoms with Crippen LogP contribution in [0.3, 0.4) is 0 Å². The first-order valence-electron chi connectivity index (χ1n) is 5.45. The van der Waals surface area contributed by atoms with Gasteiger partial charge in [0, 0.05) is 37.4 Å². The van der Waals surface area contributed by atoms with Gasteiger partial charge in [-0.25, -0.2) is 4.79 Å². The van der Waals surface area contributed by atoms with Crippen LogP contribution >= 0.6 is 0 Å². The lowest BCUT2D eigenvalue weighted by molar-refractivity contribution is 0.0689. The average molecular weight is 224 g/mol. The number of carboxylic acid groups (broad SMARTS) is 1. The third-order valence-corrected chi connectivity index (χ3v) is 3.15. The fourth-order valence-electron chi connectivity index (χ4n) is 2.39. The lowest BCUT2D eigenvalue weighted by Crippen LogP contribution is -2.17. The molecule has 0 amide bonds. The Bertz CT molecular complexity index is 406. The molecule has 0 spiro atoms. The molecule has 88 valence electrons. The molecule has 0 bridgehead atoms. The van der Waals surface area contributed by atoms with Crippen molar-refractivity contribution in [2.45, 2.75) is 25.7 Å². The molecule has 1 aliphatic heterocycles. The molecule has 16 heavy (non-hydrogen) atoms. The maximum absolute atomic E-state index is 11.0. The van der Waals surface area contributed by atoms with Gasteiger partial charge in [0.05, 0.1) is 0 Å². The fourth-order valence-corrected chi connectivity index (χ4v) is 2.39. The Labute approximate surface area is 94.0 Å². The van der Waals surface area contributed by atoms with Crippen molar-refractivity contribution >= 4 is 5.97 Å². The van der Waals surface area contributed by atoms with Crippen molar-refractivity contribution in [2.24, 2.45) is 7.05 Å². The Hall–Kier alpha value is -1.36. The lowest BCUT2D eigenvalue weighted by Gasteiger charge is -2.22. The van der Waals surface area contributed by atoms with Gasteiger partial charge in [0.1, 0.15) is 0 Å². The van der Waals surface area contributed by atoms with E-state index in [9.17, 15) is 4.79 Å². The molecule has 5 heteroatoms. The highest BCUT2D eigenvalue weighted by molar-refractivity contribution is 5.87. The van der Waals surface area contributed by atoms with Crippen LogP contribution < -0.4 is 0 Å². The first-order valence-corrected chi connectivity index (χ1v) is 5.45. The molecule has 0 unspecified atom stereocenters. The summed E-state index contributed by atoms with van der Waals surface area (Å²) < 4.78 is 7.01. The number of carboxylic acids is 1. The van der Waals surface area contributed by atoms with Crippen molar-refractivity contribution in [3.63, 3.8) is 0 Å². The highest BCUT2D eigenvalue weighted by atomic mass is 16.5. The van der Waals surface area contributed by atoms with E-state index in [-0.39, 0.29) is 5.69 Å². The second-order valence-corrected chi connectivity index (χ2v) is 4.17. The van der Waals surface area contributed by atoms with Crippen molar-refractivity contribution < 1.29 is 14.6 Å². The SMILES string of the molecule is Cc1c(C(=O)O)nn(C)c1C1CCOCC1. The Morgan fingerprint density at radius 1 is 1.50 bits per heavy atom. The number of ether oxygens (including phenoxy) is 1. The van der Waals surface area contributed by atoms with E-state index in [2.05, 4.69) is 5.10 Å². The normalized spacial score (nSPS) is 17.6. The predicted octanol–water partition coefficient (Wildman–Crippen LogP) is 1.32. The Morgan fingerprint density at radius 2 is 2.12 bits per heavy atom. The lowest BCUT2D eigenvalue weighted by atomic mass is 9.93. The van der Waals surface area contributed by atoms with Crippen molar-refractivity contribution in [1.82, 2.24) is 9.78 Å². The van der Waals surface area contributed by atoms with Gasteiger partial charge in [-0.3, -0.25) is 4.68 Å². The summed E-state index contributed by atoms with van der Waals surface area (Å²) in [6.45, 7) is 3.33. The number of hydrogen-bond acceptors (Lipinski definition) is 3. The van der Waals surface area contributed by atoms with E-state index in [1.165, 1.54) is 0 Å². The van der Waals surface area contributed by atoms with E-state index in [1.807, 2.05) is 14.0 Å². The van der Waals surface area contributed by atoms with E-state index in [4.69, 9.17) is 9.84 Å². The van der Waals surface area contributed by atoms with Crippen LogP contribution in [-0.4, -0.2) is 34.1 Å². The molecule has 0 aliphatic carbocycles. The van der Waals surface area contributed by atoms with Crippen LogP contribution in [0.15, 0.2) is 0 Å². The minimum Gasteiger partial charge on any atom is -0.476 e. The van der Waals surface area contributed by atoms with Gasteiger partial charge in [0.25, 0.3) is 0 Å². The summed E-state index contributed by atoms with van der Waals surface area (Å²) in [7, 11) is 1.81. The van der Waals surface area contributed by atoms with Gasteiger partial charge in [0.2, 0.25) is 0 Å². The zero-order valence-electron chi connectivity index (χ0n) is 9.56. The summed E-state index contributed by atoms with van der Waals surface area (Å²) >= 11 is 0. The van der Waals surface area contributed by atoms with E-state index >= 15 is 0 Å². The van der Waals surface area contributed by atoms with Gasteiger partial charge in [-0.2, -0.15) is 5.10 Å². The largest absolute Gasteiger partial charge is 0.476 e. The molecular weight excluding hydrogens is 208 g/mol. The minimum absolute atomic E-state index is 0.170. The molecule has 5 nitrogen and oxygen atoms in total. The van der Waals surface area contributed by atoms with Gasteiger partial charge in [-0.1, -0.05) is 0 Å². The first kappa shape index (κ1) is 11.1. The van der Waals surface area contributed by atoms with Gasteiger partial charge >= 0.3 is 5.97 Å². The molecule has 1 N–H and O–H groups in total. The third-order valence-electron chi connectivity index (χ3n) is 3.15. The van der Waals surface area contributed by atoms with Crippen LogP contribution in [0, 0.1) is 6.92 Å². The number of hydrogen-bond donors (Lipinski definition) is 1. The van der Waals surface area contributed by atoms with E-state index in [0.717, 1.165) is 37.3 Å². The Kier molecular flexibility index (Phi) is 2.96. The predicted molar refractivity (Wildman–Crippen MR) is 57.7 cm³/mol. The number of aromatic carboxylic acids is 1. The van der Waals surface area contributed by atoms with E-state index in [1.54, 1.807) is 4.68 Å². The van der Waals surface area contributed by atoms with Gasteiger partial charge < -0.3 is 9.84 Å². The number of rotatable bonds is 2. The first-order chi connectivity index (χ1) is 7.61. The van der Waals surface area contributed by atoms with E-state index < -0.39 is 5.97 Å². The highest BCUT2D eigenvalue weighted by Crippen LogP contribution is 2.30. The maximum atomic E-state index is 11.0. The summed E-state index contributed by atoms with van der Waals surface area (Å²) in [4.78, 5) is 11.0. The second kappa shape index (κ2) is 4.25. The zero-order chi connectivity index (χ0) is 11.7. The Balaban J connectivity index is 2.36. The van der Waals surface area contributed by atoms with Crippen molar-refractivity contribution in [3.05, 3.63) is 17.0 Å². The minimum atomic E-state index is -0.952. The quantitative estimate of drug-likeness (QED) is 0.822. The summed E-state index contributed by atoms with van der Waals surface area (Å²) in [6.07, 6.45) is 1.89. The van der Waals surface area contributed by atoms with Crippen LogP contribution in [0.25, 0.3) is 0 Å². The molecule has 1 aromatic heterocycles. The van der Waals surface area contributed by atoms with Crippen molar-refractivity contribution in [2.75, 3.05) is 13.2 Å². The van der Waals surface area contributed by atoms with Gasteiger partial charge in [-0.15, -0.1) is 0 Å². The van der Waals surface area contributed by atoms with E-state index in [0.29, 0.717) is 5.92 Å². The summed E-state index contributed by atoms with van der Waals surface area (Å²) in [5.74, 6) is -0.578. The molecule has 2 rings (SSSR count). The molecule has 0 aromatic carbocycles. The van der Waals surface area contributed by atoms with Crippen molar-refractivity contribution in [1.29, 1.82) is 0 Å². The van der Waals surface area contributed by atoms with Gasteiger partial charge in [-0.05, 0) is 19.8 Å².